The van der Waals surface area contributed by atoms with Crippen molar-refractivity contribution in [2.24, 2.45) is 0 Å². The minimum Gasteiger partial charge on any atom is -0.349 e. The summed E-state index contributed by atoms with van der Waals surface area (Å²) in [5.41, 5.74) is 0.881. The lowest BCUT2D eigenvalue weighted by atomic mass is 10.1. The maximum absolute atomic E-state index is 4.53. The predicted molar refractivity (Wildman–Crippen MR) is 77.3 cm³/mol. The fraction of sp³-hybridized carbons (Fsp3) is 0.538. The molecule has 2 atom stereocenters. The third-order valence-electron chi connectivity index (χ3n) is 4.22. The summed E-state index contributed by atoms with van der Waals surface area (Å²) < 4.78 is 2.83. The monoisotopic (exact) mass is 321 g/mol. The summed E-state index contributed by atoms with van der Waals surface area (Å²) in [5.74, 6) is 0.747. The summed E-state index contributed by atoms with van der Waals surface area (Å²) >= 11 is 3.45. The van der Waals surface area contributed by atoms with Gasteiger partial charge in [0.2, 0.25) is 5.95 Å². The minimum absolute atomic E-state index is 0.503. The van der Waals surface area contributed by atoms with E-state index in [1.165, 1.54) is 32.4 Å². The molecule has 1 N–H and O–H groups in total. The number of hydrogen-bond acceptors (Lipinski definition) is 4. The van der Waals surface area contributed by atoms with Crippen molar-refractivity contribution in [1.82, 2.24) is 19.5 Å². The van der Waals surface area contributed by atoms with E-state index in [1.807, 2.05) is 22.8 Å². The van der Waals surface area contributed by atoms with E-state index in [0.29, 0.717) is 12.1 Å². The topological polar surface area (TPSA) is 45.5 Å². The Bertz CT molecular complexity index is 610. The van der Waals surface area contributed by atoms with Crippen LogP contribution in [0.1, 0.15) is 19.3 Å². The number of fused-ring (bicyclic) bond motifs is 2. The minimum atomic E-state index is 0.503. The smallest absolute Gasteiger partial charge is 0.243 e. The van der Waals surface area contributed by atoms with Gasteiger partial charge in [0.25, 0.3) is 0 Å². The number of halogens is 1. The van der Waals surface area contributed by atoms with Crippen molar-refractivity contribution in [3.63, 3.8) is 0 Å². The van der Waals surface area contributed by atoms with Gasteiger partial charge in [-0.2, -0.15) is 4.98 Å². The molecule has 2 fully saturated rings. The molecule has 2 aliphatic rings. The predicted octanol–water partition coefficient (Wildman–Crippen LogP) is 2.14. The van der Waals surface area contributed by atoms with Crippen LogP contribution in [0.25, 0.3) is 5.65 Å². The quantitative estimate of drug-likeness (QED) is 0.920. The lowest BCUT2D eigenvalue weighted by molar-refractivity contribution is 0.318. The van der Waals surface area contributed by atoms with E-state index in [2.05, 4.69) is 36.2 Å². The molecule has 0 spiro atoms. The molecule has 2 aromatic rings. The first kappa shape index (κ1) is 11.7. The number of anilines is 1. The standard InChI is InChI=1S/C13H16BrN5/c14-9-3-4-12-16-13(17-19(12)8-9)15-10-5-7-18-6-1-2-11(10)18/h3-4,8,10-11H,1-2,5-7H2,(H,15,17). The van der Waals surface area contributed by atoms with Crippen LogP contribution in [0, 0.1) is 0 Å². The fourth-order valence-corrected chi connectivity index (χ4v) is 3.66. The highest BCUT2D eigenvalue weighted by atomic mass is 79.9. The van der Waals surface area contributed by atoms with Crippen molar-refractivity contribution in [2.75, 3.05) is 18.4 Å². The van der Waals surface area contributed by atoms with Crippen LogP contribution in [0.15, 0.2) is 22.8 Å². The number of rotatable bonds is 2. The Labute approximate surface area is 120 Å². The Morgan fingerprint density at radius 2 is 2.21 bits per heavy atom. The van der Waals surface area contributed by atoms with Crippen LogP contribution in [-0.2, 0) is 0 Å². The number of nitrogens with zero attached hydrogens (tertiary/aromatic N) is 4. The summed E-state index contributed by atoms with van der Waals surface area (Å²) in [7, 11) is 0. The zero-order valence-corrected chi connectivity index (χ0v) is 12.2. The van der Waals surface area contributed by atoms with Crippen LogP contribution < -0.4 is 5.32 Å². The Morgan fingerprint density at radius 1 is 1.26 bits per heavy atom. The molecule has 0 amide bonds. The van der Waals surface area contributed by atoms with E-state index < -0.39 is 0 Å². The van der Waals surface area contributed by atoms with Crippen LogP contribution in [0.5, 0.6) is 0 Å². The van der Waals surface area contributed by atoms with Crippen molar-refractivity contribution in [3.05, 3.63) is 22.8 Å². The number of hydrogen-bond donors (Lipinski definition) is 1. The molecule has 2 unspecified atom stereocenters. The molecule has 0 aliphatic carbocycles. The van der Waals surface area contributed by atoms with E-state index in [1.54, 1.807) is 0 Å². The average Bonchev–Trinajstić information content (AvgIpc) is 3.05. The summed E-state index contributed by atoms with van der Waals surface area (Å²) in [5, 5.41) is 8.02. The summed E-state index contributed by atoms with van der Waals surface area (Å²) in [6, 6.07) is 5.14. The number of pyridine rings is 1. The fourth-order valence-electron chi connectivity index (χ4n) is 3.34. The van der Waals surface area contributed by atoms with Gasteiger partial charge in [-0.1, -0.05) is 0 Å². The molecule has 4 heterocycles. The van der Waals surface area contributed by atoms with Crippen molar-refractivity contribution < 1.29 is 0 Å². The van der Waals surface area contributed by atoms with Gasteiger partial charge in [-0.15, -0.1) is 5.10 Å². The van der Waals surface area contributed by atoms with Gasteiger partial charge in [0.05, 0.1) is 0 Å². The summed E-state index contributed by atoms with van der Waals surface area (Å²) in [4.78, 5) is 7.12. The molecule has 2 aliphatic heterocycles. The second kappa shape index (κ2) is 4.45. The van der Waals surface area contributed by atoms with Crippen molar-refractivity contribution in [1.29, 1.82) is 0 Å². The van der Waals surface area contributed by atoms with Crippen molar-refractivity contribution in [3.8, 4) is 0 Å². The molecule has 2 saturated heterocycles. The molecule has 2 aromatic heterocycles. The zero-order chi connectivity index (χ0) is 12.8. The maximum Gasteiger partial charge on any atom is 0.243 e. The highest BCUT2D eigenvalue weighted by Crippen LogP contribution is 2.29. The van der Waals surface area contributed by atoms with Crippen LogP contribution in [0.3, 0.4) is 0 Å². The SMILES string of the molecule is Brc1ccc2nc(NC3CCN4CCCC34)nn2c1. The zero-order valence-electron chi connectivity index (χ0n) is 10.6. The molecule has 0 bridgehead atoms. The van der Waals surface area contributed by atoms with E-state index in [4.69, 9.17) is 0 Å². The molecule has 0 saturated carbocycles. The van der Waals surface area contributed by atoms with Crippen LogP contribution in [-0.4, -0.2) is 44.7 Å². The van der Waals surface area contributed by atoms with Gasteiger partial charge in [-0.25, -0.2) is 4.52 Å². The van der Waals surface area contributed by atoms with E-state index in [0.717, 1.165) is 16.1 Å². The molecule has 19 heavy (non-hydrogen) atoms. The molecule has 4 rings (SSSR count). The molecule has 5 nitrogen and oxygen atoms in total. The van der Waals surface area contributed by atoms with Crippen LogP contribution in [0.4, 0.5) is 5.95 Å². The number of nitrogens with one attached hydrogen (secondary N) is 1. The normalized spacial score (nSPS) is 27.0. The molecule has 100 valence electrons. The largest absolute Gasteiger partial charge is 0.349 e. The van der Waals surface area contributed by atoms with Gasteiger partial charge in [-0.3, -0.25) is 4.90 Å². The highest BCUT2D eigenvalue weighted by molar-refractivity contribution is 9.10. The van der Waals surface area contributed by atoms with Crippen LogP contribution >= 0.6 is 15.9 Å². The van der Waals surface area contributed by atoms with Gasteiger partial charge < -0.3 is 5.32 Å². The van der Waals surface area contributed by atoms with E-state index in [9.17, 15) is 0 Å². The maximum atomic E-state index is 4.53. The van der Waals surface area contributed by atoms with Gasteiger partial charge in [0.1, 0.15) is 0 Å². The first-order chi connectivity index (χ1) is 9.29. The summed E-state index contributed by atoms with van der Waals surface area (Å²) in [6.45, 7) is 2.47. The van der Waals surface area contributed by atoms with Crippen LogP contribution in [0.2, 0.25) is 0 Å². The second-order valence-corrected chi connectivity index (χ2v) is 6.29. The summed E-state index contributed by atoms with van der Waals surface area (Å²) in [6.07, 6.45) is 5.76. The third-order valence-corrected chi connectivity index (χ3v) is 4.68. The number of aromatic nitrogens is 3. The lowest BCUT2D eigenvalue weighted by Gasteiger charge is -2.20. The first-order valence-electron chi connectivity index (χ1n) is 6.82. The molecular formula is C13H16BrN5. The van der Waals surface area contributed by atoms with Gasteiger partial charge in [-0.05, 0) is 53.9 Å². The molecule has 0 aromatic carbocycles. The van der Waals surface area contributed by atoms with E-state index >= 15 is 0 Å². The Kier molecular flexibility index (Phi) is 2.73. The van der Waals surface area contributed by atoms with Gasteiger partial charge in [0, 0.05) is 29.3 Å². The van der Waals surface area contributed by atoms with Crippen molar-refractivity contribution >= 4 is 27.5 Å². The van der Waals surface area contributed by atoms with Crippen molar-refractivity contribution in [2.45, 2.75) is 31.3 Å². The molecule has 6 heteroatoms. The second-order valence-electron chi connectivity index (χ2n) is 5.37. The highest BCUT2D eigenvalue weighted by Gasteiger charge is 2.37. The average molecular weight is 322 g/mol. The molecular weight excluding hydrogens is 306 g/mol. The lowest BCUT2D eigenvalue weighted by Crippen LogP contribution is -2.34. The Morgan fingerprint density at radius 3 is 3.16 bits per heavy atom. The van der Waals surface area contributed by atoms with Gasteiger partial charge in [0.15, 0.2) is 5.65 Å². The third kappa shape index (κ3) is 2.03. The first-order valence-corrected chi connectivity index (χ1v) is 7.61. The Balaban J connectivity index is 1.58. The molecule has 0 radical (unpaired) electrons. The van der Waals surface area contributed by atoms with Gasteiger partial charge >= 0.3 is 0 Å². The van der Waals surface area contributed by atoms with E-state index in [-0.39, 0.29) is 0 Å². The Hall–Kier alpha value is -1.14.